The summed E-state index contributed by atoms with van der Waals surface area (Å²) in [7, 11) is 0. The number of hydrogen-bond donors (Lipinski definition) is 0. The maximum atomic E-state index is 12.1. The molecule has 0 aliphatic rings. The van der Waals surface area contributed by atoms with Crippen LogP contribution in [0.4, 0.5) is 13.2 Å². The number of aromatic nitrogens is 1. The molecule has 0 spiro atoms. The molecule has 6 heteroatoms. The van der Waals surface area contributed by atoms with Gasteiger partial charge in [-0.1, -0.05) is 13.8 Å². The van der Waals surface area contributed by atoms with E-state index < -0.39 is 6.36 Å². The lowest BCUT2D eigenvalue weighted by Gasteiger charge is -2.15. The fourth-order valence-corrected chi connectivity index (χ4v) is 1.61. The zero-order chi connectivity index (χ0) is 12.3. The third-order valence-corrected chi connectivity index (χ3v) is 2.57. The molecule has 1 heterocycles. The molecule has 0 amide bonds. The second kappa shape index (κ2) is 4.95. The Kier molecular flexibility index (Phi) is 4.07. The van der Waals surface area contributed by atoms with Crippen molar-refractivity contribution in [3.05, 3.63) is 17.8 Å². The summed E-state index contributed by atoms with van der Waals surface area (Å²) in [6.45, 7) is 3.62. The zero-order valence-corrected chi connectivity index (χ0v) is 9.95. The predicted octanol–water partition coefficient (Wildman–Crippen LogP) is 3.83. The summed E-state index contributed by atoms with van der Waals surface area (Å²) in [6.07, 6.45) is -1.74. The average Bonchev–Trinajstić information content (AvgIpc) is 2.15. The van der Waals surface area contributed by atoms with Crippen LogP contribution in [0.15, 0.2) is 17.3 Å². The largest absolute Gasteiger partial charge is 0.573 e. The highest BCUT2D eigenvalue weighted by atomic mass is 32.2. The number of nitrogens with zero attached hydrogens (tertiary/aromatic N) is 1. The van der Waals surface area contributed by atoms with Crippen LogP contribution in [-0.4, -0.2) is 17.6 Å². The molecule has 1 aromatic rings. The summed E-state index contributed by atoms with van der Waals surface area (Å²) in [6, 6.07) is 1.62. The molecule has 16 heavy (non-hydrogen) atoms. The van der Waals surface area contributed by atoms with Crippen molar-refractivity contribution in [3.63, 3.8) is 0 Å². The maximum absolute atomic E-state index is 12.1. The molecule has 0 N–H and O–H groups in total. The third-order valence-electron chi connectivity index (χ3n) is 1.93. The van der Waals surface area contributed by atoms with Crippen LogP contribution >= 0.6 is 11.8 Å². The van der Waals surface area contributed by atoms with Crippen molar-refractivity contribution in [2.75, 3.05) is 6.26 Å². The minimum absolute atomic E-state index is 0.0498. The first-order valence-corrected chi connectivity index (χ1v) is 5.85. The monoisotopic (exact) mass is 251 g/mol. The van der Waals surface area contributed by atoms with E-state index in [1.54, 1.807) is 6.07 Å². The van der Waals surface area contributed by atoms with Crippen molar-refractivity contribution in [3.8, 4) is 5.75 Å². The molecule has 1 aromatic heterocycles. The van der Waals surface area contributed by atoms with Gasteiger partial charge in [0.05, 0.1) is 11.2 Å². The molecule has 0 radical (unpaired) electrons. The number of halogens is 3. The Labute approximate surface area is 96.2 Å². The fourth-order valence-electron chi connectivity index (χ4n) is 1.21. The van der Waals surface area contributed by atoms with Crippen molar-refractivity contribution in [2.24, 2.45) is 0 Å². The summed E-state index contributed by atoms with van der Waals surface area (Å²) in [5.74, 6) is -0.272. The summed E-state index contributed by atoms with van der Waals surface area (Å²) >= 11 is 1.38. The van der Waals surface area contributed by atoms with E-state index in [0.29, 0.717) is 10.6 Å². The molecular formula is C10H12F3NOS. The van der Waals surface area contributed by atoms with Crippen LogP contribution in [0.3, 0.4) is 0 Å². The van der Waals surface area contributed by atoms with Crippen molar-refractivity contribution in [1.29, 1.82) is 0 Å². The Morgan fingerprint density at radius 2 is 2.00 bits per heavy atom. The lowest BCUT2D eigenvalue weighted by molar-refractivity contribution is -0.275. The van der Waals surface area contributed by atoms with Crippen LogP contribution < -0.4 is 4.74 Å². The summed E-state index contributed by atoms with van der Waals surface area (Å²) in [4.78, 5) is 3.86. The summed E-state index contributed by atoms with van der Waals surface area (Å²) in [5.41, 5.74) is 0.511. The van der Waals surface area contributed by atoms with E-state index in [9.17, 15) is 13.2 Å². The van der Waals surface area contributed by atoms with E-state index in [-0.39, 0.29) is 11.7 Å². The molecule has 0 aliphatic heterocycles. The number of ether oxygens (including phenoxy) is 1. The number of rotatable bonds is 3. The van der Waals surface area contributed by atoms with Gasteiger partial charge < -0.3 is 4.74 Å². The van der Waals surface area contributed by atoms with Gasteiger partial charge in [-0.2, -0.15) is 0 Å². The van der Waals surface area contributed by atoms with E-state index >= 15 is 0 Å². The normalized spacial score (nSPS) is 11.9. The molecular weight excluding hydrogens is 239 g/mol. The van der Waals surface area contributed by atoms with Crippen LogP contribution in [0, 0.1) is 0 Å². The molecule has 2 nitrogen and oxygen atoms in total. The Balaban J connectivity index is 3.08. The van der Waals surface area contributed by atoms with Crippen LogP contribution in [0.25, 0.3) is 0 Å². The van der Waals surface area contributed by atoms with Gasteiger partial charge in [0, 0.05) is 5.56 Å². The lowest BCUT2D eigenvalue weighted by Crippen LogP contribution is -2.18. The zero-order valence-electron chi connectivity index (χ0n) is 9.13. The van der Waals surface area contributed by atoms with Crippen molar-refractivity contribution < 1.29 is 17.9 Å². The molecule has 0 unspecified atom stereocenters. The predicted molar refractivity (Wildman–Crippen MR) is 56.8 cm³/mol. The SMILES string of the molecule is CSc1cc(C(C)C)c(OC(F)(F)F)cn1. The minimum Gasteiger partial charge on any atom is -0.404 e. The van der Waals surface area contributed by atoms with Crippen molar-refractivity contribution >= 4 is 11.8 Å². The van der Waals surface area contributed by atoms with Gasteiger partial charge in [-0.25, -0.2) is 4.98 Å². The molecule has 0 fully saturated rings. The highest BCUT2D eigenvalue weighted by Crippen LogP contribution is 2.32. The minimum atomic E-state index is -4.67. The molecule has 90 valence electrons. The first-order chi connectivity index (χ1) is 7.33. The highest BCUT2D eigenvalue weighted by molar-refractivity contribution is 7.98. The van der Waals surface area contributed by atoms with Gasteiger partial charge in [0.2, 0.25) is 0 Å². The Bertz CT molecular complexity index is 366. The molecule has 0 saturated heterocycles. The quantitative estimate of drug-likeness (QED) is 0.762. The lowest BCUT2D eigenvalue weighted by atomic mass is 10.0. The van der Waals surface area contributed by atoms with Gasteiger partial charge in [-0.15, -0.1) is 24.9 Å². The van der Waals surface area contributed by atoms with E-state index in [4.69, 9.17) is 0 Å². The fraction of sp³-hybridized carbons (Fsp3) is 0.500. The third kappa shape index (κ3) is 3.59. The molecule has 0 bridgehead atoms. The summed E-state index contributed by atoms with van der Waals surface area (Å²) in [5, 5.41) is 0.679. The molecule has 0 atom stereocenters. The topological polar surface area (TPSA) is 22.1 Å². The molecule has 0 aliphatic carbocycles. The smallest absolute Gasteiger partial charge is 0.404 e. The van der Waals surface area contributed by atoms with E-state index in [2.05, 4.69) is 9.72 Å². The van der Waals surface area contributed by atoms with E-state index in [0.717, 1.165) is 6.20 Å². The van der Waals surface area contributed by atoms with Gasteiger partial charge in [0.25, 0.3) is 0 Å². The Morgan fingerprint density at radius 3 is 2.44 bits per heavy atom. The van der Waals surface area contributed by atoms with Crippen LogP contribution in [-0.2, 0) is 0 Å². The molecule has 0 aromatic carbocycles. The first-order valence-electron chi connectivity index (χ1n) is 4.63. The maximum Gasteiger partial charge on any atom is 0.573 e. The molecule has 0 saturated carbocycles. The van der Waals surface area contributed by atoms with Crippen LogP contribution in [0.2, 0.25) is 0 Å². The number of hydrogen-bond acceptors (Lipinski definition) is 3. The highest BCUT2D eigenvalue weighted by Gasteiger charge is 2.32. The Hall–Kier alpha value is -0.910. The number of alkyl halides is 3. The van der Waals surface area contributed by atoms with E-state index in [1.165, 1.54) is 11.8 Å². The van der Waals surface area contributed by atoms with Crippen molar-refractivity contribution in [2.45, 2.75) is 31.2 Å². The van der Waals surface area contributed by atoms with Gasteiger partial charge >= 0.3 is 6.36 Å². The average molecular weight is 251 g/mol. The van der Waals surface area contributed by atoms with Crippen LogP contribution in [0.5, 0.6) is 5.75 Å². The second-order valence-electron chi connectivity index (χ2n) is 3.47. The van der Waals surface area contributed by atoms with Crippen molar-refractivity contribution in [1.82, 2.24) is 4.98 Å². The molecule has 1 rings (SSSR count). The first kappa shape index (κ1) is 13.2. The summed E-state index contributed by atoms with van der Waals surface area (Å²) < 4.78 is 40.3. The standard InChI is InChI=1S/C10H12F3NOS/c1-6(2)7-4-9(16-3)14-5-8(7)15-10(11,12)13/h4-6H,1-3H3. The Morgan fingerprint density at radius 1 is 1.38 bits per heavy atom. The number of pyridine rings is 1. The van der Waals surface area contributed by atoms with Gasteiger partial charge in [0.15, 0.2) is 5.75 Å². The van der Waals surface area contributed by atoms with Gasteiger partial charge in [-0.3, -0.25) is 0 Å². The van der Waals surface area contributed by atoms with E-state index in [1.807, 2.05) is 20.1 Å². The van der Waals surface area contributed by atoms with Gasteiger partial charge in [-0.05, 0) is 18.2 Å². The number of thioether (sulfide) groups is 1. The van der Waals surface area contributed by atoms with Crippen LogP contribution in [0.1, 0.15) is 25.3 Å². The van der Waals surface area contributed by atoms with Gasteiger partial charge in [0.1, 0.15) is 0 Å². The second-order valence-corrected chi connectivity index (χ2v) is 4.29.